The van der Waals surface area contributed by atoms with E-state index >= 15 is 0 Å². The molecule has 0 aromatic heterocycles. The van der Waals surface area contributed by atoms with Gasteiger partial charge in [0.15, 0.2) is 6.10 Å². The first-order chi connectivity index (χ1) is 9.78. The van der Waals surface area contributed by atoms with Gasteiger partial charge >= 0.3 is 12.1 Å². The van der Waals surface area contributed by atoms with Crippen LogP contribution in [0.1, 0.15) is 40.0 Å². The molecule has 0 aromatic carbocycles. The number of amides is 1. The van der Waals surface area contributed by atoms with Crippen molar-refractivity contribution in [1.29, 1.82) is 0 Å². The maximum Gasteiger partial charge on any atom is 0.410 e. The van der Waals surface area contributed by atoms with Crippen LogP contribution in [0.5, 0.6) is 0 Å². The van der Waals surface area contributed by atoms with Crippen LogP contribution in [0.3, 0.4) is 0 Å². The Balaban J connectivity index is 1.86. The third kappa shape index (κ3) is 4.09. The Morgan fingerprint density at radius 2 is 1.81 bits per heavy atom. The standard InChI is InChI=1S/C15H25NO5/c1-15(2,3)21-14(19)16-7-4-10(5-8-16)11-6-9-20-12(11)13(17)18/h10-12H,4-9H2,1-3H3,(H,17,18). The predicted molar refractivity (Wildman–Crippen MR) is 76.0 cm³/mol. The summed E-state index contributed by atoms with van der Waals surface area (Å²) in [6.07, 6.45) is 1.48. The van der Waals surface area contributed by atoms with E-state index in [-0.39, 0.29) is 12.0 Å². The summed E-state index contributed by atoms with van der Waals surface area (Å²) in [5.41, 5.74) is -0.484. The van der Waals surface area contributed by atoms with Gasteiger partial charge in [-0.2, -0.15) is 0 Å². The molecule has 0 aromatic rings. The monoisotopic (exact) mass is 299 g/mol. The third-order valence-electron chi connectivity index (χ3n) is 4.18. The summed E-state index contributed by atoms with van der Waals surface area (Å²) >= 11 is 0. The van der Waals surface area contributed by atoms with Crippen LogP contribution in [0.25, 0.3) is 0 Å². The second kappa shape index (κ2) is 6.22. The molecule has 21 heavy (non-hydrogen) atoms. The van der Waals surface area contributed by atoms with Crippen LogP contribution in [0.15, 0.2) is 0 Å². The maximum atomic E-state index is 12.0. The van der Waals surface area contributed by atoms with E-state index in [9.17, 15) is 14.7 Å². The Bertz CT molecular complexity index is 395. The lowest BCUT2D eigenvalue weighted by Gasteiger charge is -2.36. The van der Waals surface area contributed by atoms with Crippen LogP contribution >= 0.6 is 0 Å². The Morgan fingerprint density at radius 1 is 1.19 bits per heavy atom. The number of aliphatic carboxylic acids is 1. The van der Waals surface area contributed by atoms with Crippen LogP contribution in [-0.4, -0.2) is 53.5 Å². The van der Waals surface area contributed by atoms with Gasteiger partial charge in [-0.05, 0) is 46.0 Å². The summed E-state index contributed by atoms with van der Waals surface area (Å²) in [5.74, 6) is -0.484. The predicted octanol–water partition coefficient (Wildman–Crippen LogP) is 2.12. The van der Waals surface area contributed by atoms with E-state index in [1.165, 1.54) is 0 Å². The van der Waals surface area contributed by atoms with Gasteiger partial charge in [-0.25, -0.2) is 9.59 Å². The molecule has 2 aliphatic rings. The maximum absolute atomic E-state index is 12.0. The van der Waals surface area contributed by atoms with Gasteiger partial charge in [-0.3, -0.25) is 0 Å². The average molecular weight is 299 g/mol. The molecule has 2 saturated heterocycles. The van der Waals surface area contributed by atoms with E-state index in [0.29, 0.717) is 25.6 Å². The first kappa shape index (κ1) is 16.1. The summed E-state index contributed by atoms with van der Waals surface area (Å²) in [6, 6.07) is 0. The quantitative estimate of drug-likeness (QED) is 0.845. The van der Waals surface area contributed by atoms with Crippen LogP contribution in [0, 0.1) is 11.8 Å². The van der Waals surface area contributed by atoms with Gasteiger partial charge in [-0.15, -0.1) is 0 Å². The summed E-state index contributed by atoms with van der Waals surface area (Å²) in [7, 11) is 0. The van der Waals surface area contributed by atoms with Crippen LogP contribution < -0.4 is 0 Å². The number of carbonyl (C=O) groups excluding carboxylic acids is 1. The fraction of sp³-hybridized carbons (Fsp3) is 0.867. The van der Waals surface area contributed by atoms with E-state index < -0.39 is 17.7 Å². The van der Waals surface area contributed by atoms with Crippen molar-refractivity contribution in [3.05, 3.63) is 0 Å². The number of rotatable bonds is 2. The molecule has 0 saturated carbocycles. The summed E-state index contributed by atoms with van der Waals surface area (Å²) in [4.78, 5) is 24.9. The van der Waals surface area contributed by atoms with Gasteiger partial charge in [0.25, 0.3) is 0 Å². The molecule has 6 nitrogen and oxygen atoms in total. The van der Waals surface area contributed by atoms with Gasteiger partial charge in [0, 0.05) is 25.6 Å². The fourth-order valence-corrected chi connectivity index (χ4v) is 3.18. The fourth-order valence-electron chi connectivity index (χ4n) is 3.18. The van der Waals surface area contributed by atoms with Crippen molar-refractivity contribution in [2.45, 2.75) is 51.7 Å². The van der Waals surface area contributed by atoms with Crippen molar-refractivity contribution in [3.8, 4) is 0 Å². The van der Waals surface area contributed by atoms with Crippen molar-refractivity contribution in [2.24, 2.45) is 11.8 Å². The molecule has 2 unspecified atom stereocenters. The number of hydrogen-bond acceptors (Lipinski definition) is 4. The largest absolute Gasteiger partial charge is 0.479 e. The van der Waals surface area contributed by atoms with E-state index in [2.05, 4.69) is 0 Å². The van der Waals surface area contributed by atoms with E-state index in [4.69, 9.17) is 9.47 Å². The average Bonchev–Trinajstić information content (AvgIpc) is 2.86. The smallest absolute Gasteiger partial charge is 0.410 e. The molecule has 0 aliphatic carbocycles. The van der Waals surface area contributed by atoms with Crippen molar-refractivity contribution in [3.63, 3.8) is 0 Å². The van der Waals surface area contributed by atoms with Gasteiger partial charge < -0.3 is 19.5 Å². The number of ether oxygens (including phenoxy) is 2. The molecule has 0 spiro atoms. The van der Waals surface area contributed by atoms with Crippen molar-refractivity contribution in [2.75, 3.05) is 19.7 Å². The first-order valence-electron chi connectivity index (χ1n) is 7.60. The zero-order valence-corrected chi connectivity index (χ0v) is 13.0. The number of likely N-dealkylation sites (tertiary alicyclic amines) is 1. The third-order valence-corrected chi connectivity index (χ3v) is 4.18. The van der Waals surface area contributed by atoms with E-state index in [0.717, 1.165) is 19.3 Å². The molecular formula is C15H25NO5. The number of carboxylic acids is 1. The molecule has 6 heteroatoms. The van der Waals surface area contributed by atoms with Gasteiger partial charge in [-0.1, -0.05) is 0 Å². The number of nitrogens with zero attached hydrogens (tertiary/aromatic N) is 1. The highest BCUT2D eigenvalue weighted by Crippen LogP contribution is 2.35. The van der Waals surface area contributed by atoms with Crippen LogP contribution in [-0.2, 0) is 14.3 Å². The molecule has 2 aliphatic heterocycles. The molecule has 2 heterocycles. The first-order valence-corrected chi connectivity index (χ1v) is 7.60. The number of carboxylic acid groups (broad SMARTS) is 1. The molecule has 1 amide bonds. The highest BCUT2D eigenvalue weighted by molar-refractivity contribution is 5.73. The minimum atomic E-state index is -0.868. The zero-order chi connectivity index (χ0) is 15.6. The van der Waals surface area contributed by atoms with Crippen molar-refractivity contribution >= 4 is 12.1 Å². The SMILES string of the molecule is CC(C)(C)OC(=O)N1CCC(C2CCOC2C(=O)O)CC1. The topological polar surface area (TPSA) is 76.1 Å². The Morgan fingerprint density at radius 3 is 2.33 bits per heavy atom. The Hall–Kier alpha value is -1.30. The second-order valence-electron chi connectivity index (χ2n) is 6.89. The van der Waals surface area contributed by atoms with Crippen molar-refractivity contribution < 1.29 is 24.2 Å². The number of hydrogen-bond donors (Lipinski definition) is 1. The minimum Gasteiger partial charge on any atom is -0.479 e. The highest BCUT2D eigenvalue weighted by atomic mass is 16.6. The zero-order valence-electron chi connectivity index (χ0n) is 13.0. The van der Waals surface area contributed by atoms with Crippen LogP contribution in [0.2, 0.25) is 0 Å². The van der Waals surface area contributed by atoms with E-state index in [1.54, 1.807) is 4.90 Å². The lowest BCUT2D eigenvalue weighted by molar-refractivity contribution is -0.150. The lowest BCUT2D eigenvalue weighted by atomic mass is 9.80. The molecular weight excluding hydrogens is 274 g/mol. The van der Waals surface area contributed by atoms with Crippen molar-refractivity contribution in [1.82, 2.24) is 4.90 Å². The summed E-state index contributed by atoms with van der Waals surface area (Å²) < 4.78 is 10.7. The molecule has 2 atom stereocenters. The van der Waals surface area contributed by atoms with E-state index in [1.807, 2.05) is 20.8 Å². The van der Waals surface area contributed by atoms with Crippen LogP contribution in [0.4, 0.5) is 4.79 Å². The Labute approximate surface area is 125 Å². The highest BCUT2D eigenvalue weighted by Gasteiger charge is 2.41. The summed E-state index contributed by atoms with van der Waals surface area (Å²) in [6.45, 7) is 7.33. The summed E-state index contributed by atoms with van der Waals surface area (Å²) in [5, 5.41) is 9.17. The molecule has 0 bridgehead atoms. The Kier molecular flexibility index (Phi) is 4.76. The van der Waals surface area contributed by atoms with Gasteiger partial charge in [0.2, 0.25) is 0 Å². The molecule has 120 valence electrons. The lowest BCUT2D eigenvalue weighted by Crippen LogP contribution is -2.44. The number of piperidine rings is 1. The minimum absolute atomic E-state index is 0.0725. The van der Waals surface area contributed by atoms with Gasteiger partial charge in [0.1, 0.15) is 5.60 Å². The normalized spacial score (nSPS) is 27.7. The second-order valence-corrected chi connectivity index (χ2v) is 6.89. The van der Waals surface area contributed by atoms with Gasteiger partial charge in [0.05, 0.1) is 0 Å². The molecule has 2 rings (SSSR count). The number of carbonyl (C=O) groups is 2. The molecule has 2 fully saturated rings. The molecule has 0 radical (unpaired) electrons. The molecule has 1 N–H and O–H groups in total.